The Morgan fingerprint density at radius 3 is 2.08 bits per heavy atom. The van der Waals surface area contributed by atoms with Gasteiger partial charge in [0.25, 0.3) is 0 Å². The fourth-order valence-corrected chi connectivity index (χ4v) is 2.27. The molecule has 0 aromatic carbocycles. The van der Waals surface area contributed by atoms with E-state index in [4.69, 9.17) is 0 Å². The first-order valence-corrected chi connectivity index (χ1v) is 6.95. The lowest BCUT2D eigenvalue weighted by Crippen LogP contribution is -2.20. The van der Waals surface area contributed by atoms with Gasteiger partial charge in [-0.05, 0) is 42.3 Å². The number of hydrogen-bond acceptors (Lipinski definition) is 5. The fraction of sp³-hybridized carbons (Fsp3) is 0.312. The lowest BCUT2D eigenvalue weighted by Gasteiger charge is -2.23. The Bertz CT molecular complexity index is 759. The van der Waals surface area contributed by atoms with Crippen LogP contribution >= 0.6 is 0 Å². The zero-order chi connectivity index (χ0) is 17.9. The minimum absolute atomic E-state index is 0.145. The zero-order valence-electron chi connectivity index (χ0n) is 12.6. The van der Waals surface area contributed by atoms with Gasteiger partial charge in [0.15, 0.2) is 0 Å². The molecule has 2 rings (SSSR count). The third-order valence-corrected chi connectivity index (χ3v) is 3.51. The summed E-state index contributed by atoms with van der Waals surface area (Å²) in [4.78, 5) is 7.16. The predicted octanol–water partition coefficient (Wildman–Crippen LogP) is 2.71. The minimum atomic E-state index is -4.67. The van der Waals surface area contributed by atoms with Gasteiger partial charge >= 0.3 is 6.18 Å². The van der Waals surface area contributed by atoms with Gasteiger partial charge in [0.2, 0.25) is 0 Å². The number of hydrogen-bond donors (Lipinski definition) is 2. The smallest absolute Gasteiger partial charge is 0.387 e. The fourth-order valence-electron chi connectivity index (χ4n) is 2.27. The SMILES string of the molecule is Cc1cc(C(O)C(C#N)C(O)c2ccnc(C(F)(F)F)c2)ccn1. The van der Waals surface area contributed by atoms with Crippen LogP contribution in [0, 0.1) is 24.2 Å². The molecule has 0 aliphatic heterocycles. The third-order valence-electron chi connectivity index (χ3n) is 3.51. The number of rotatable bonds is 4. The van der Waals surface area contributed by atoms with E-state index in [0.29, 0.717) is 17.3 Å². The Labute approximate surface area is 136 Å². The number of alkyl halides is 3. The summed E-state index contributed by atoms with van der Waals surface area (Å²) in [6.45, 7) is 1.69. The summed E-state index contributed by atoms with van der Waals surface area (Å²) in [6, 6.07) is 6.61. The van der Waals surface area contributed by atoms with Gasteiger partial charge in [0.05, 0.1) is 18.3 Å². The monoisotopic (exact) mass is 337 g/mol. The first kappa shape index (κ1) is 17.8. The van der Waals surface area contributed by atoms with Gasteiger partial charge in [-0.15, -0.1) is 0 Å². The van der Waals surface area contributed by atoms with Gasteiger partial charge in [-0.1, -0.05) is 0 Å². The van der Waals surface area contributed by atoms with E-state index >= 15 is 0 Å². The molecule has 0 aliphatic carbocycles. The highest BCUT2D eigenvalue weighted by atomic mass is 19.4. The van der Waals surface area contributed by atoms with E-state index in [9.17, 15) is 28.6 Å². The third kappa shape index (κ3) is 3.88. The van der Waals surface area contributed by atoms with Gasteiger partial charge in [-0.3, -0.25) is 9.97 Å². The molecular formula is C16H14F3N3O2. The summed E-state index contributed by atoms with van der Waals surface area (Å²) in [5.74, 6) is -1.35. The van der Waals surface area contributed by atoms with Crippen molar-refractivity contribution in [3.63, 3.8) is 0 Å². The van der Waals surface area contributed by atoms with Gasteiger partial charge < -0.3 is 10.2 Å². The van der Waals surface area contributed by atoms with Crippen molar-refractivity contribution in [1.29, 1.82) is 5.26 Å². The molecule has 2 aromatic rings. The lowest BCUT2D eigenvalue weighted by atomic mass is 9.88. The minimum Gasteiger partial charge on any atom is -0.387 e. The van der Waals surface area contributed by atoms with Crippen LogP contribution in [0.2, 0.25) is 0 Å². The highest BCUT2D eigenvalue weighted by Crippen LogP contribution is 2.35. The molecule has 126 valence electrons. The van der Waals surface area contributed by atoms with E-state index in [0.717, 1.165) is 6.20 Å². The summed E-state index contributed by atoms with van der Waals surface area (Å²) in [5.41, 5.74) is -0.377. The standard InChI is InChI=1S/C16H14F3N3O2/c1-9-6-10(2-4-21-9)14(23)12(8-20)15(24)11-3-5-22-13(7-11)16(17,18)19/h2-7,12,14-15,23-24H,1H3. The molecule has 0 fully saturated rings. The van der Waals surface area contributed by atoms with Crippen molar-refractivity contribution in [2.75, 3.05) is 0 Å². The molecule has 24 heavy (non-hydrogen) atoms. The van der Waals surface area contributed by atoms with Crippen LogP contribution in [-0.2, 0) is 6.18 Å². The number of pyridine rings is 2. The molecule has 3 atom stereocenters. The van der Waals surface area contributed by atoms with E-state index in [1.165, 1.54) is 24.4 Å². The molecule has 2 N–H and O–H groups in total. The first-order chi connectivity index (χ1) is 11.2. The van der Waals surface area contributed by atoms with Crippen molar-refractivity contribution in [3.8, 4) is 6.07 Å². The van der Waals surface area contributed by atoms with Gasteiger partial charge in [-0.25, -0.2) is 0 Å². The summed E-state index contributed by atoms with van der Waals surface area (Å²) in [5, 5.41) is 29.9. The van der Waals surface area contributed by atoms with E-state index in [1.54, 1.807) is 13.0 Å². The number of aromatic nitrogens is 2. The predicted molar refractivity (Wildman–Crippen MR) is 77.2 cm³/mol. The van der Waals surface area contributed by atoms with Crippen LogP contribution in [0.3, 0.4) is 0 Å². The van der Waals surface area contributed by atoms with E-state index in [2.05, 4.69) is 9.97 Å². The van der Waals surface area contributed by atoms with Crippen LogP contribution in [0.15, 0.2) is 36.7 Å². The molecule has 0 bridgehead atoms. The second-order valence-electron chi connectivity index (χ2n) is 5.25. The molecule has 0 aliphatic rings. The van der Waals surface area contributed by atoms with Gasteiger partial charge in [-0.2, -0.15) is 18.4 Å². The maximum Gasteiger partial charge on any atom is 0.433 e. The van der Waals surface area contributed by atoms with Crippen LogP contribution in [0.1, 0.15) is 34.7 Å². The van der Waals surface area contributed by atoms with Crippen molar-refractivity contribution in [2.45, 2.75) is 25.3 Å². The highest BCUT2D eigenvalue weighted by Gasteiger charge is 2.35. The van der Waals surface area contributed by atoms with Crippen molar-refractivity contribution < 1.29 is 23.4 Å². The van der Waals surface area contributed by atoms with Crippen LogP contribution in [-0.4, -0.2) is 20.2 Å². The van der Waals surface area contributed by atoms with Crippen molar-refractivity contribution in [3.05, 3.63) is 59.2 Å². The number of aliphatic hydroxyl groups excluding tert-OH is 2. The molecule has 5 nitrogen and oxygen atoms in total. The molecule has 0 amide bonds. The Hall–Kier alpha value is -2.50. The van der Waals surface area contributed by atoms with Gasteiger partial charge in [0.1, 0.15) is 11.6 Å². The van der Waals surface area contributed by atoms with E-state index in [1.807, 2.05) is 0 Å². The maximum absolute atomic E-state index is 12.7. The summed E-state index contributed by atoms with van der Waals surface area (Å²) in [6.07, 6.45) is -5.32. The Morgan fingerprint density at radius 1 is 1.04 bits per heavy atom. The summed E-state index contributed by atoms with van der Waals surface area (Å²) < 4.78 is 38.2. The molecule has 2 heterocycles. The average Bonchev–Trinajstić information content (AvgIpc) is 2.54. The summed E-state index contributed by atoms with van der Waals surface area (Å²) in [7, 11) is 0. The molecule has 3 unspecified atom stereocenters. The van der Waals surface area contributed by atoms with Crippen LogP contribution < -0.4 is 0 Å². The average molecular weight is 337 g/mol. The highest BCUT2D eigenvalue weighted by molar-refractivity contribution is 5.26. The number of aryl methyl sites for hydroxylation is 1. The zero-order valence-corrected chi connectivity index (χ0v) is 12.6. The maximum atomic E-state index is 12.7. The van der Waals surface area contributed by atoms with Crippen molar-refractivity contribution in [1.82, 2.24) is 9.97 Å². The molecule has 0 saturated heterocycles. The van der Waals surface area contributed by atoms with Crippen molar-refractivity contribution >= 4 is 0 Å². The van der Waals surface area contributed by atoms with Crippen LogP contribution in [0.25, 0.3) is 0 Å². The molecule has 0 radical (unpaired) electrons. The Balaban J connectivity index is 2.32. The second kappa shape index (κ2) is 6.95. The molecule has 2 aromatic heterocycles. The molecular weight excluding hydrogens is 323 g/mol. The quantitative estimate of drug-likeness (QED) is 0.895. The number of halogens is 3. The Kier molecular flexibility index (Phi) is 5.17. The van der Waals surface area contributed by atoms with E-state index in [-0.39, 0.29) is 5.56 Å². The molecule has 0 saturated carbocycles. The largest absolute Gasteiger partial charge is 0.433 e. The lowest BCUT2D eigenvalue weighted by molar-refractivity contribution is -0.141. The van der Waals surface area contributed by atoms with Crippen LogP contribution in [0.4, 0.5) is 13.2 Å². The number of nitriles is 1. The second-order valence-corrected chi connectivity index (χ2v) is 5.25. The number of nitrogens with zero attached hydrogens (tertiary/aromatic N) is 3. The normalized spacial score (nSPS) is 15.4. The van der Waals surface area contributed by atoms with Crippen LogP contribution in [0.5, 0.6) is 0 Å². The Morgan fingerprint density at radius 2 is 1.58 bits per heavy atom. The van der Waals surface area contributed by atoms with E-state index < -0.39 is 30.0 Å². The van der Waals surface area contributed by atoms with Gasteiger partial charge in [0, 0.05) is 18.1 Å². The first-order valence-electron chi connectivity index (χ1n) is 6.95. The topological polar surface area (TPSA) is 90.0 Å². The molecule has 0 spiro atoms. The van der Waals surface area contributed by atoms with Crippen molar-refractivity contribution in [2.24, 2.45) is 5.92 Å². The molecule has 8 heteroatoms. The summed E-state index contributed by atoms with van der Waals surface area (Å²) >= 11 is 0. The number of aliphatic hydroxyl groups is 2.